The Morgan fingerprint density at radius 2 is 1.89 bits per heavy atom. The van der Waals surface area contributed by atoms with Crippen LogP contribution >= 0.6 is 11.6 Å². The van der Waals surface area contributed by atoms with Gasteiger partial charge in [-0.25, -0.2) is 4.79 Å². The quantitative estimate of drug-likeness (QED) is 0.714. The van der Waals surface area contributed by atoms with Crippen molar-refractivity contribution in [1.29, 1.82) is 0 Å². The topological polar surface area (TPSA) is 87.7 Å². The van der Waals surface area contributed by atoms with Gasteiger partial charge >= 0.3 is 12.0 Å². The number of hydrogen-bond acceptors (Lipinski definition) is 3. The third-order valence-corrected chi connectivity index (χ3v) is 6.12. The van der Waals surface area contributed by atoms with E-state index in [1.54, 1.807) is 0 Å². The molecule has 3 rings (SSSR count). The van der Waals surface area contributed by atoms with Crippen molar-refractivity contribution in [3.8, 4) is 0 Å². The molecule has 1 aromatic carbocycles. The molecule has 0 spiro atoms. The van der Waals surface area contributed by atoms with Crippen LogP contribution in [-0.2, 0) is 14.9 Å². The Hall–Kier alpha value is -1.79. The smallest absolute Gasteiger partial charge is 0.315 e. The molecule has 0 aromatic heterocycles. The molecule has 148 valence electrons. The number of carboxylic acid groups (broad SMARTS) is 1. The fourth-order valence-corrected chi connectivity index (χ4v) is 4.31. The van der Waals surface area contributed by atoms with E-state index in [1.807, 2.05) is 18.2 Å². The first kappa shape index (κ1) is 20.0. The first-order valence-electron chi connectivity index (χ1n) is 9.59. The summed E-state index contributed by atoms with van der Waals surface area (Å²) in [6.07, 6.45) is 4.30. The number of carboxylic acids is 1. The molecule has 2 aliphatic rings. The van der Waals surface area contributed by atoms with Gasteiger partial charge in [0.05, 0.1) is 5.92 Å². The van der Waals surface area contributed by atoms with E-state index in [1.165, 1.54) is 0 Å². The van der Waals surface area contributed by atoms with Crippen molar-refractivity contribution in [3.05, 3.63) is 34.9 Å². The average molecular weight is 395 g/mol. The summed E-state index contributed by atoms with van der Waals surface area (Å²) in [5, 5.41) is 15.8. The Morgan fingerprint density at radius 1 is 1.19 bits per heavy atom. The van der Waals surface area contributed by atoms with Gasteiger partial charge in [0, 0.05) is 36.2 Å². The van der Waals surface area contributed by atoms with Crippen LogP contribution in [0.15, 0.2) is 24.3 Å². The maximum atomic E-state index is 12.4. The Labute approximate surface area is 164 Å². The second kappa shape index (κ2) is 8.93. The van der Waals surface area contributed by atoms with Crippen LogP contribution in [-0.4, -0.2) is 42.9 Å². The Balaban J connectivity index is 1.56. The molecule has 7 heteroatoms. The minimum absolute atomic E-state index is 0.0393. The lowest BCUT2D eigenvalue weighted by atomic mass is 9.74. The molecule has 1 aliphatic heterocycles. The summed E-state index contributed by atoms with van der Waals surface area (Å²) in [5.41, 5.74) is 0.946. The zero-order valence-electron chi connectivity index (χ0n) is 15.4. The van der Waals surface area contributed by atoms with Gasteiger partial charge in [-0.2, -0.15) is 0 Å². The minimum atomic E-state index is -0.735. The Bertz CT molecular complexity index is 668. The number of rotatable bonds is 5. The highest BCUT2D eigenvalue weighted by Crippen LogP contribution is 2.35. The summed E-state index contributed by atoms with van der Waals surface area (Å²) in [7, 11) is 0. The molecule has 27 heavy (non-hydrogen) atoms. The zero-order chi connectivity index (χ0) is 19.3. The monoisotopic (exact) mass is 394 g/mol. The second-order valence-electron chi connectivity index (χ2n) is 7.62. The molecule has 1 heterocycles. The maximum Gasteiger partial charge on any atom is 0.315 e. The van der Waals surface area contributed by atoms with Gasteiger partial charge in [-0.1, -0.05) is 23.7 Å². The highest BCUT2D eigenvalue weighted by atomic mass is 35.5. The molecule has 0 unspecified atom stereocenters. The van der Waals surface area contributed by atoms with Crippen molar-refractivity contribution in [2.45, 2.75) is 50.0 Å². The van der Waals surface area contributed by atoms with Crippen LogP contribution in [0.4, 0.5) is 4.79 Å². The van der Waals surface area contributed by atoms with Crippen LogP contribution in [0.1, 0.15) is 44.1 Å². The number of benzene rings is 1. The van der Waals surface area contributed by atoms with E-state index in [4.69, 9.17) is 21.4 Å². The number of hydrogen-bond donors (Lipinski definition) is 3. The SMILES string of the molecule is O=C(NCC1(c2cccc(Cl)c2)CCOCC1)NC1CCC(C(=O)O)CC1. The van der Waals surface area contributed by atoms with Crippen molar-refractivity contribution < 1.29 is 19.4 Å². The van der Waals surface area contributed by atoms with Crippen LogP contribution in [0.25, 0.3) is 0 Å². The number of urea groups is 1. The van der Waals surface area contributed by atoms with Crippen molar-refractivity contribution in [1.82, 2.24) is 10.6 Å². The number of nitrogens with one attached hydrogen (secondary N) is 2. The van der Waals surface area contributed by atoms with Crippen LogP contribution in [0.5, 0.6) is 0 Å². The van der Waals surface area contributed by atoms with Crippen LogP contribution in [0.3, 0.4) is 0 Å². The molecule has 2 fully saturated rings. The number of halogens is 1. The van der Waals surface area contributed by atoms with Crippen LogP contribution < -0.4 is 10.6 Å². The van der Waals surface area contributed by atoms with E-state index in [0.717, 1.165) is 18.4 Å². The lowest BCUT2D eigenvalue weighted by Gasteiger charge is -2.38. The lowest BCUT2D eigenvalue weighted by molar-refractivity contribution is -0.142. The van der Waals surface area contributed by atoms with Gasteiger partial charge in [0.2, 0.25) is 0 Å². The van der Waals surface area contributed by atoms with Gasteiger partial charge in [0.15, 0.2) is 0 Å². The van der Waals surface area contributed by atoms with E-state index < -0.39 is 5.97 Å². The normalized spacial score (nSPS) is 24.8. The number of carbonyl (C=O) groups excluding carboxylic acids is 1. The molecule has 0 bridgehead atoms. The largest absolute Gasteiger partial charge is 0.481 e. The van der Waals surface area contributed by atoms with Crippen LogP contribution in [0.2, 0.25) is 5.02 Å². The summed E-state index contributed by atoms with van der Waals surface area (Å²) in [4.78, 5) is 23.4. The average Bonchev–Trinajstić information content (AvgIpc) is 2.67. The van der Waals surface area contributed by atoms with Gasteiger partial charge in [-0.15, -0.1) is 0 Å². The molecule has 3 N–H and O–H groups in total. The first-order chi connectivity index (χ1) is 13.0. The third kappa shape index (κ3) is 5.14. The molecule has 1 aromatic rings. The highest BCUT2D eigenvalue weighted by molar-refractivity contribution is 6.30. The number of amides is 2. The van der Waals surface area contributed by atoms with E-state index >= 15 is 0 Å². The highest BCUT2D eigenvalue weighted by Gasteiger charge is 2.35. The molecule has 0 radical (unpaired) electrons. The summed E-state index contributed by atoms with van der Waals surface area (Å²) in [5.74, 6) is -1.01. The minimum Gasteiger partial charge on any atom is -0.481 e. The fraction of sp³-hybridized carbons (Fsp3) is 0.600. The lowest BCUT2D eigenvalue weighted by Crippen LogP contribution is -2.50. The van der Waals surface area contributed by atoms with Gasteiger partial charge in [-0.05, 0) is 56.2 Å². The maximum absolute atomic E-state index is 12.4. The molecule has 1 saturated carbocycles. The fourth-order valence-electron chi connectivity index (χ4n) is 4.12. The van der Waals surface area contributed by atoms with Gasteiger partial charge in [0.25, 0.3) is 0 Å². The van der Waals surface area contributed by atoms with Crippen molar-refractivity contribution >= 4 is 23.6 Å². The molecule has 1 saturated heterocycles. The summed E-state index contributed by atoms with van der Waals surface area (Å²) in [6, 6.07) is 7.67. The van der Waals surface area contributed by atoms with Crippen molar-refractivity contribution in [2.75, 3.05) is 19.8 Å². The predicted octanol–water partition coefficient (Wildman–Crippen LogP) is 3.33. The standard InChI is InChI=1S/C20H27ClN2O4/c21-16-3-1-2-15(12-16)20(8-10-27-11-9-20)13-22-19(26)23-17-6-4-14(5-7-17)18(24)25/h1-3,12,14,17H,4-11,13H2,(H,24,25)(H2,22,23,26). The third-order valence-electron chi connectivity index (χ3n) is 5.89. The summed E-state index contributed by atoms with van der Waals surface area (Å²) >= 11 is 6.18. The molecule has 6 nitrogen and oxygen atoms in total. The molecular weight excluding hydrogens is 368 g/mol. The van der Waals surface area contributed by atoms with Crippen molar-refractivity contribution in [2.24, 2.45) is 5.92 Å². The number of carbonyl (C=O) groups is 2. The first-order valence-corrected chi connectivity index (χ1v) is 9.97. The predicted molar refractivity (Wildman–Crippen MR) is 103 cm³/mol. The zero-order valence-corrected chi connectivity index (χ0v) is 16.1. The summed E-state index contributed by atoms with van der Waals surface area (Å²) < 4.78 is 5.52. The van der Waals surface area contributed by atoms with E-state index in [-0.39, 0.29) is 23.4 Å². The van der Waals surface area contributed by atoms with Gasteiger partial charge in [-0.3, -0.25) is 4.79 Å². The van der Waals surface area contributed by atoms with Crippen molar-refractivity contribution in [3.63, 3.8) is 0 Å². The Kier molecular flexibility index (Phi) is 6.60. The number of ether oxygens (including phenoxy) is 1. The summed E-state index contributed by atoms with van der Waals surface area (Å²) in [6.45, 7) is 1.84. The molecule has 0 atom stereocenters. The van der Waals surface area contributed by atoms with E-state index in [0.29, 0.717) is 50.5 Å². The van der Waals surface area contributed by atoms with Crippen LogP contribution in [0, 0.1) is 5.92 Å². The van der Waals surface area contributed by atoms with Gasteiger partial charge in [0.1, 0.15) is 0 Å². The molecule has 2 amide bonds. The van der Waals surface area contributed by atoms with Gasteiger partial charge < -0.3 is 20.5 Å². The molecular formula is C20H27ClN2O4. The van der Waals surface area contributed by atoms with E-state index in [9.17, 15) is 9.59 Å². The second-order valence-corrected chi connectivity index (χ2v) is 8.05. The Morgan fingerprint density at radius 3 is 2.52 bits per heavy atom. The number of aliphatic carboxylic acids is 1. The van der Waals surface area contributed by atoms with E-state index in [2.05, 4.69) is 16.7 Å². The molecule has 1 aliphatic carbocycles.